The van der Waals surface area contributed by atoms with E-state index in [9.17, 15) is 8.42 Å². The zero-order valence-electron chi connectivity index (χ0n) is 10.3. The second-order valence-corrected chi connectivity index (χ2v) is 7.16. The fraction of sp³-hybridized carbons (Fsp3) is 0.500. The minimum absolute atomic E-state index is 0.0705. The SMILES string of the molecule is CNc1ccccc1S(=O)(=O)NC1CCSCC1. The summed E-state index contributed by atoms with van der Waals surface area (Å²) in [5.41, 5.74) is 0.634. The van der Waals surface area contributed by atoms with Crippen LogP contribution in [0.5, 0.6) is 0 Å². The number of benzene rings is 1. The van der Waals surface area contributed by atoms with Crippen LogP contribution in [0, 0.1) is 0 Å². The molecule has 18 heavy (non-hydrogen) atoms. The Morgan fingerprint density at radius 2 is 1.89 bits per heavy atom. The maximum atomic E-state index is 12.3. The van der Waals surface area contributed by atoms with E-state index in [2.05, 4.69) is 10.0 Å². The molecule has 0 bridgehead atoms. The first kappa shape index (κ1) is 13.7. The largest absolute Gasteiger partial charge is 0.387 e. The normalized spacial score (nSPS) is 17.6. The standard InChI is InChI=1S/C12H18N2O2S2/c1-13-11-4-2-3-5-12(11)18(15,16)14-10-6-8-17-9-7-10/h2-5,10,13-14H,6-9H2,1H3. The van der Waals surface area contributed by atoms with E-state index in [1.165, 1.54) is 0 Å². The molecule has 0 spiro atoms. The maximum absolute atomic E-state index is 12.3. The van der Waals surface area contributed by atoms with Gasteiger partial charge in [0.15, 0.2) is 0 Å². The summed E-state index contributed by atoms with van der Waals surface area (Å²) in [7, 11) is -1.70. The quantitative estimate of drug-likeness (QED) is 0.887. The predicted octanol–water partition coefficient (Wildman–Crippen LogP) is 1.90. The molecule has 0 saturated carbocycles. The van der Waals surface area contributed by atoms with Crippen molar-refractivity contribution in [2.24, 2.45) is 0 Å². The van der Waals surface area contributed by atoms with Crippen molar-refractivity contribution in [3.63, 3.8) is 0 Å². The summed E-state index contributed by atoms with van der Waals surface area (Å²) in [5.74, 6) is 2.06. The Labute approximate surface area is 113 Å². The molecule has 2 rings (SSSR count). The number of nitrogens with one attached hydrogen (secondary N) is 2. The highest BCUT2D eigenvalue weighted by Gasteiger charge is 2.23. The Morgan fingerprint density at radius 1 is 1.22 bits per heavy atom. The van der Waals surface area contributed by atoms with Gasteiger partial charge in [0.05, 0.1) is 5.69 Å². The molecule has 2 N–H and O–H groups in total. The van der Waals surface area contributed by atoms with Gasteiger partial charge in [-0.3, -0.25) is 0 Å². The number of sulfonamides is 1. The lowest BCUT2D eigenvalue weighted by Crippen LogP contribution is -2.37. The molecule has 0 radical (unpaired) electrons. The second kappa shape index (κ2) is 5.95. The van der Waals surface area contributed by atoms with E-state index in [1.54, 1.807) is 25.2 Å². The molecule has 1 fully saturated rings. The number of hydrogen-bond acceptors (Lipinski definition) is 4. The topological polar surface area (TPSA) is 58.2 Å². The molecule has 0 atom stereocenters. The van der Waals surface area contributed by atoms with E-state index in [-0.39, 0.29) is 6.04 Å². The van der Waals surface area contributed by atoms with Crippen molar-refractivity contribution in [3.05, 3.63) is 24.3 Å². The number of anilines is 1. The minimum Gasteiger partial charge on any atom is -0.387 e. The zero-order valence-corrected chi connectivity index (χ0v) is 12.0. The van der Waals surface area contributed by atoms with Gasteiger partial charge in [-0.25, -0.2) is 13.1 Å². The minimum atomic E-state index is -3.42. The third-order valence-electron chi connectivity index (χ3n) is 2.99. The number of thioether (sulfide) groups is 1. The fourth-order valence-corrected chi connectivity index (χ4v) is 4.63. The van der Waals surface area contributed by atoms with Gasteiger partial charge >= 0.3 is 0 Å². The maximum Gasteiger partial charge on any atom is 0.242 e. The van der Waals surface area contributed by atoms with Gasteiger partial charge in [0.25, 0.3) is 0 Å². The van der Waals surface area contributed by atoms with Crippen LogP contribution < -0.4 is 10.0 Å². The molecule has 1 heterocycles. The van der Waals surface area contributed by atoms with Gasteiger partial charge in [-0.2, -0.15) is 11.8 Å². The summed E-state index contributed by atoms with van der Waals surface area (Å²) >= 11 is 1.88. The summed E-state index contributed by atoms with van der Waals surface area (Å²) in [6, 6.07) is 7.03. The van der Waals surface area contributed by atoms with E-state index in [1.807, 2.05) is 17.8 Å². The molecule has 1 aliphatic heterocycles. The van der Waals surface area contributed by atoms with Crippen LogP contribution in [0.4, 0.5) is 5.69 Å². The smallest absolute Gasteiger partial charge is 0.242 e. The molecule has 0 aromatic heterocycles. The van der Waals surface area contributed by atoms with Crippen LogP contribution in [0.2, 0.25) is 0 Å². The van der Waals surface area contributed by atoms with Crippen molar-refractivity contribution in [1.29, 1.82) is 0 Å². The summed E-state index contributed by atoms with van der Waals surface area (Å²) in [4.78, 5) is 0.325. The predicted molar refractivity (Wildman–Crippen MR) is 76.7 cm³/mol. The van der Waals surface area contributed by atoms with Crippen molar-refractivity contribution in [2.45, 2.75) is 23.8 Å². The first-order chi connectivity index (χ1) is 8.63. The Hall–Kier alpha value is -0.720. The molecular weight excluding hydrogens is 268 g/mol. The Balaban J connectivity index is 2.19. The third kappa shape index (κ3) is 3.18. The monoisotopic (exact) mass is 286 g/mol. The number of hydrogen-bond donors (Lipinski definition) is 2. The van der Waals surface area contributed by atoms with Crippen molar-refractivity contribution in [3.8, 4) is 0 Å². The third-order valence-corrected chi connectivity index (χ3v) is 5.62. The van der Waals surface area contributed by atoms with Gasteiger partial charge in [-0.05, 0) is 36.5 Å². The Bertz CT molecular complexity index is 497. The molecule has 1 aromatic carbocycles. The molecular formula is C12H18N2O2S2. The molecule has 6 heteroatoms. The highest BCUT2D eigenvalue weighted by atomic mass is 32.2. The van der Waals surface area contributed by atoms with E-state index < -0.39 is 10.0 Å². The highest BCUT2D eigenvalue weighted by molar-refractivity contribution is 7.99. The van der Waals surface area contributed by atoms with E-state index in [4.69, 9.17) is 0 Å². The second-order valence-electron chi connectivity index (χ2n) is 4.25. The van der Waals surface area contributed by atoms with Gasteiger partial charge in [-0.15, -0.1) is 0 Å². The summed E-state index contributed by atoms with van der Waals surface area (Å²) in [5, 5.41) is 2.92. The lowest BCUT2D eigenvalue weighted by atomic mass is 10.2. The molecule has 0 amide bonds. The molecule has 1 aliphatic rings. The van der Waals surface area contributed by atoms with E-state index in [0.717, 1.165) is 24.3 Å². The van der Waals surface area contributed by atoms with Gasteiger partial charge in [-0.1, -0.05) is 12.1 Å². The summed E-state index contributed by atoms with van der Waals surface area (Å²) < 4.78 is 27.4. The van der Waals surface area contributed by atoms with Crippen molar-refractivity contribution in [2.75, 3.05) is 23.9 Å². The molecule has 4 nitrogen and oxygen atoms in total. The van der Waals surface area contributed by atoms with Crippen LogP contribution in [-0.2, 0) is 10.0 Å². The fourth-order valence-electron chi connectivity index (χ4n) is 2.01. The Morgan fingerprint density at radius 3 is 2.56 bits per heavy atom. The van der Waals surface area contributed by atoms with Gasteiger partial charge < -0.3 is 5.32 Å². The van der Waals surface area contributed by atoms with Crippen LogP contribution in [0.25, 0.3) is 0 Å². The van der Waals surface area contributed by atoms with Crippen molar-refractivity contribution < 1.29 is 8.42 Å². The van der Waals surface area contributed by atoms with Crippen LogP contribution in [0.15, 0.2) is 29.2 Å². The molecule has 0 unspecified atom stereocenters. The van der Waals surface area contributed by atoms with E-state index in [0.29, 0.717) is 10.6 Å². The molecule has 100 valence electrons. The molecule has 1 aromatic rings. The highest BCUT2D eigenvalue weighted by Crippen LogP contribution is 2.23. The van der Waals surface area contributed by atoms with Crippen LogP contribution in [0.3, 0.4) is 0 Å². The molecule has 1 saturated heterocycles. The molecule has 0 aliphatic carbocycles. The number of para-hydroxylation sites is 1. The van der Waals surface area contributed by atoms with Crippen molar-refractivity contribution >= 4 is 27.5 Å². The lowest BCUT2D eigenvalue weighted by molar-refractivity contribution is 0.529. The average molecular weight is 286 g/mol. The Kier molecular flexibility index (Phi) is 4.53. The first-order valence-electron chi connectivity index (χ1n) is 6.00. The summed E-state index contributed by atoms with van der Waals surface area (Å²) in [6.07, 6.45) is 1.82. The van der Waals surface area contributed by atoms with E-state index >= 15 is 0 Å². The van der Waals surface area contributed by atoms with Gasteiger partial charge in [0.2, 0.25) is 10.0 Å². The van der Waals surface area contributed by atoms with Gasteiger partial charge in [0, 0.05) is 13.1 Å². The first-order valence-corrected chi connectivity index (χ1v) is 8.64. The summed E-state index contributed by atoms with van der Waals surface area (Å²) in [6.45, 7) is 0. The van der Waals surface area contributed by atoms with Crippen LogP contribution in [0.1, 0.15) is 12.8 Å². The van der Waals surface area contributed by atoms with Crippen LogP contribution in [-0.4, -0.2) is 33.0 Å². The van der Waals surface area contributed by atoms with Crippen molar-refractivity contribution in [1.82, 2.24) is 4.72 Å². The van der Waals surface area contributed by atoms with Crippen LogP contribution >= 0.6 is 11.8 Å². The number of rotatable bonds is 4. The average Bonchev–Trinajstić information content (AvgIpc) is 2.39. The zero-order chi connectivity index (χ0) is 13.0. The lowest BCUT2D eigenvalue weighted by Gasteiger charge is -2.23. The van der Waals surface area contributed by atoms with Gasteiger partial charge in [0.1, 0.15) is 4.90 Å².